The molecule has 1 aromatic heterocycles. The molecule has 1 unspecified atom stereocenters. The van der Waals surface area contributed by atoms with Crippen LogP contribution in [0.4, 0.5) is 10.8 Å². The molecule has 0 saturated carbocycles. The van der Waals surface area contributed by atoms with Crippen LogP contribution in [0, 0.1) is 13.8 Å². The summed E-state index contributed by atoms with van der Waals surface area (Å²) in [6.45, 7) is 5.96. The molecular weight excluding hydrogens is 418 g/mol. The smallest absolute Gasteiger partial charge is 0.257 e. The van der Waals surface area contributed by atoms with Crippen molar-refractivity contribution >= 4 is 38.1 Å². The molecule has 1 atom stereocenters. The van der Waals surface area contributed by atoms with Gasteiger partial charge in [0.15, 0.2) is 5.13 Å². The standard InChI is InChI=1S/C22H23N3O3S2/c1-13-5-7-18(14(2)9-13)19-12-29-22(23-19)24-21(26)16-6-8-20-17(11-16)10-15(3)25(20)30(4,27)28/h5-9,11-12,15H,10H2,1-4H3,(H,23,24,26). The Morgan fingerprint density at radius 1 is 1.20 bits per heavy atom. The van der Waals surface area contributed by atoms with Crippen molar-refractivity contribution in [3.05, 3.63) is 64.0 Å². The van der Waals surface area contributed by atoms with E-state index in [0.29, 0.717) is 22.8 Å². The quantitative estimate of drug-likeness (QED) is 0.651. The second-order valence-corrected chi connectivity index (χ2v) is 10.5. The number of sulfonamides is 1. The number of rotatable bonds is 4. The average molecular weight is 442 g/mol. The fraction of sp³-hybridized carbons (Fsp3) is 0.273. The van der Waals surface area contributed by atoms with Crippen molar-refractivity contribution in [3.63, 3.8) is 0 Å². The van der Waals surface area contributed by atoms with Crippen molar-refractivity contribution in [2.75, 3.05) is 15.9 Å². The van der Waals surface area contributed by atoms with E-state index in [1.807, 2.05) is 31.4 Å². The van der Waals surface area contributed by atoms with Gasteiger partial charge < -0.3 is 0 Å². The van der Waals surface area contributed by atoms with Crippen LogP contribution in [-0.4, -0.2) is 31.6 Å². The second-order valence-electron chi connectivity index (χ2n) is 7.77. The molecule has 8 heteroatoms. The van der Waals surface area contributed by atoms with E-state index in [1.54, 1.807) is 18.2 Å². The molecule has 0 saturated heterocycles. The maximum Gasteiger partial charge on any atom is 0.257 e. The highest BCUT2D eigenvalue weighted by Crippen LogP contribution is 2.35. The van der Waals surface area contributed by atoms with Gasteiger partial charge in [0.05, 0.1) is 17.6 Å². The van der Waals surface area contributed by atoms with Gasteiger partial charge >= 0.3 is 0 Å². The number of hydrogen-bond donors (Lipinski definition) is 1. The Morgan fingerprint density at radius 2 is 1.97 bits per heavy atom. The Morgan fingerprint density at radius 3 is 2.67 bits per heavy atom. The molecule has 3 aromatic rings. The van der Waals surface area contributed by atoms with Crippen LogP contribution in [0.3, 0.4) is 0 Å². The molecule has 0 bridgehead atoms. The average Bonchev–Trinajstić information content (AvgIpc) is 3.23. The number of carbonyl (C=O) groups is 1. The molecule has 4 rings (SSSR count). The Balaban J connectivity index is 1.55. The summed E-state index contributed by atoms with van der Waals surface area (Å²) in [4.78, 5) is 17.3. The Labute approximate surface area is 180 Å². The van der Waals surface area contributed by atoms with Gasteiger partial charge in [0.1, 0.15) is 0 Å². The Bertz CT molecular complexity index is 1250. The number of hydrogen-bond acceptors (Lipinski definition) is 5. The van der Waals surface area contributed by atoms with Gasteiger partial charge in [-0.1, -0.05) is 23.8 Å². The van der Waals surface area contributed by atoms with Crippen molar-refractivity contribution in [1.82, 2.24) is 4.98 Å². The van der Waals surface area contributed by atoms with Crippen LogP contribution in [0.2, 0.25) is 0 Å². The SMILES string of the molecule is Cc1ccc(-c2csc(NC(=O)c3ccc4c(c3)CC(C)N4S(C)(=O)=O)n2)c(C)c1. The fourth-order valence-corrected chi connectivity index (χ4v) is 5.94. The molecular formula is C22H23N3O3S2. The lowest BCUT2D eigenvalue weighted by atomic mass is 10.0. The minimum atomic E-state index is -3.35. The Kier molecular flexibility index (Phi) is 5.15. The van der Waals surface area contributed by atoms with Crippen LogP contribution < -0.4 is 9.62 Å². The first-order valence-corrected chi connectivity index (χ1v) is 12.3. The molecule has 0 spiro atoms. The predicted molar refractivity (Wildman–Crippen MR) is 122 cm³/mol. The van der Waals surface area contributed by atoms with Crippen LogP contribution >= 0.6 is 11.3 Å². The summed E-state index contributed by atoms with van der Waals surface area (Å²) in [6, 6.07) is 11.2. The fourth-order valence-electron chi connectivity index (χ4n) is 3.97. The van der Waals surface area contributed by atoms with Crippen molar-refractivity contribution in [2.24, 2.45) is 0 Å². The van der Waals surface area contributed by atoms with E-state index in [4.69, 9.17) is 0 Å². The van der Waals surface area contributed by atoms with Crippen molar-refractivity contribution in [3.8, 4) is 11.3 Å². The number of aryl methyl sites for hydroxylation is 2. The molecule has 1 aliphatic rings. The summed E-state index contributed by atoms with van der Waals surface area (Å²) in [7, 11) is -3.35. The molecule has 0 fully saturated rings. The molecule has 6 nitrogen and oxygen atoms in total. The molecule has 2 heterocycles. The van der Waals surface area contributed by atoms with Gasteiger partial charge in [0, 0.05) is 22.5 Å². The maximum atomic E-state index is 12.8. The number of anilines is 2. The van der Waals surface area contributed by atoms with Crippen LogP contribution in [0.15, 0.2) is 41.8 Å². The molecule has 30 heavy (non-hydrogen) atoms. The highest BCUT2D eigenvalue weighted by Gasteiger charge is 2.32. The molecule has 1 N–H and O–H groups in total. The zero-order chi connectivity index (χ0) is 21.6. The monoisotopic (exact) mass is 441 g/mol. The molecule has 1 amide bonds. The van der Waals surface area contributed by atoms with Gasteiger partial charge in [0.25, 0.3) is 5.91 Å². The number of nitrogens with one attached hydrogen (secondary N) is 1. The third-order valence-corrected chi connectivity index (χ3v) is 7.26. The van der Waals surface area contributed by atoms with E-state index < -0.39 is 10.0 Å². The summed E-state index contributed by atoms with van der Waals surface area (Å²) in [6.07, 6.45) is 1.78. The lowest BCUT2D eigenvalue weighted by molar-refractivity contribution is 0.102. The molecule has 2 aromatic carbocycles. The van der Waals surface area contributed by atoms with E-state index in [0.717, 1.165) is 22.4 Å². The van der Waals surface area contributed by atoms with E-state index in [9.17, 15) is 13.2 Å². The van der Waals surface area contributed by atoms with Gasteiger partial charge in [-0.2, -0.15) is 0 Å². The zero-order valence-corrected chi connectivity index (χ0v) is 18.9. The van der Waals surface area contributed by atoms with Gasteiger partial charge in [-0.15, -0.1) is 11.3 Å². The number of carbonyl (C=O) groups excluding carboxylic acids is 1. The number of thiazole rings is 1. The summed E-state index contributed by atoms with van der Waals surface area (Å²) in [5.41, 5.74) is 6.20. The largest absolute Gasteiger partial charge is 0.298 e. The number of benzene rings is 2. The number of nitrogens with zero attached hydrogens (tertiary/aromatic N) is 2. The highest BCUT2D eigenvalue weighted by molar-refractivity contribution is 7.92. The number of fused-ring (bicyclic) bond motifs is 1. The lowest BCUT2D eigenvalue weighted by Gasteiger charge is -2.21. The van der Waals surface area contributed by atoms with Gasteiger partial charge in [-0.3, -0.25) is 14.4 Å². The van der Waals surface area contributed by atoms with Crippen LogP contribution in [0.25, 0.3) is 11.3 Å². The second kappa shape index (κ2) is 7.52. The summed E-state index contributed by atoms with van der Waals surface area (Å²) in [5.74, 6) is -0.259. The summed E-state index contributed by atoms with van der Waals surface area (Å²) < 4.78 is 25.6. The lowest BCUT2D eigenvalue weighted by Crippen LogP contribution is -2.34. The number of amides is 1. The van der Waals surface area contributed by atoms with Gasteiger partial charge in [-0.05, 0) is 56.5 Å². The van der Waals surface area contributed by atoms with E-state index >= 15 is 0 Å². The third-order valence-electron chi connectivity index (χ3n) is 5.23. The van der Waals surface area contributed by atoms with Crippen molar-refractivity contribution < 1.29 is 13.2 Å². The Hall–Kier alpha value is -2.71. The minimum Gasteiger partial charge on any atom is -0.298 e. The zero-order valence-electron chi connectivity index (χ0n) is 17.3. The normalized spacial score (nSPS) is 15.9. The van der Waals surface area contributed by atoms with Gasteiger partial charge in [0.2, 0.25) is 10.0 Å². The minimum absolute atomic E-state index is 0.160. The van der Waals surface area contributed by atoms with Crippen molar-refractivity contribution in [2.45, 2.75) is 33.2 Å². The summed E-state index contributed by atoms with van der Waals surface area (Å²) >= 11 is 1.38. The molecule has 0 radical (unpaired) electrons. The first-order valence-electron chi connectivity index (χ1n) is 9.60. The van der Waals surface area contributed by atoms with E-state index in [1.165, 1.54) is 27.5 Å². The highest BCUT2D eigenvalue weighted by atomic mass is 32.2. The van der Waals surface area contributed by atoms with Crippen LogP contribution in [0.5, 0.6) is 0 Å². The van der Waals surface area contributed by atoms with Gasteiger partial charge in [-0.25, -0.2) is 13.4 Å². The number of aromatic nitrogens is 1. The first-order chi connectivity index (χ1) is 14.1. The predicted octanol–water partition coefficient (Wildman–Crippen LogP) is 4.39. The van der Waals surface area contributed by atoms with E-state index in [2.05, 4.69) is 23.3 Å². The van der Waals surface area contributed by atoms with Crippen molar-refractivity contribution in [1.29, 1.82) is 0 Å². The maximum absolute atomic E-state index is 12.8. The van der Waals surface area contributed by atoms with Crippen LogP contribution in [0.1, 0.15) is 34.0 Å². The van der Waals surface area contributed by atoms with E-state index in [-0.39, 0.29) is 11.9 Å². The van der Waals surface area contributed by atoms with Crippen LogP contribution in [-0.2, 0) is 16.4 Å². The third kappa shape index (κ3) is 3.85. The topological polar surface area (TPSA) is 79.4 Å². The molecule has 1 aliphatic heterocycles. The molecule has 156 valence electrons. The molecule has 0 aliphatic carbocycles. The summed E-state index contributed by atoms with van der Waals surface area (Å²) in [5, 5.41) is 5.32. The first kappa shape index (κ1) is 20.6.